The molecule has 0 radical (unpaired) electrons. The summed E-state index contributed by atoms with van der Waals surface area (Å²) in [5.74, 6) is 0.0881. The van der Waals surface area contributed by atoms with E-state index in [0.29, 0.717) is 17.2 Å². The number of carbonyl (C=O) groups excluding carboxylic acids is 3. The number of methoxy groups -OCH3 is 2. The number of hydrogen-bond acceptors (Lipinski definition) is 11. The second kappa shape index (κ2) is 11.8. The highest BCUT2D eigenvalue weighted by Gasteiger charge is 2.47. The number of carbonyl (C=O) groups is 3. The first kappa shape index (κ1) is 26.1. The maximum atomic E-state index is 11.9. The molecule has 0 N–H and O–H groups in total. The van der Waals surface area contributed by atoms with Crippen molar-refractivity contribution >= 4 is 29.7 Å². The predicted octanol–water partition coefficient (Wildman–Crippen LogP) is 3.01. The summed E-state index contributed by atoms with van der Waals surface area (Å²) in [7, 11) is 3.11. The van der Waals surface area contributed by atoms with Crippen molar-refractivity contribution in [2.75, 3.05) is 20.0 Å². The van der Waals surface area contributed by atoms with E-state index >= 15 is 0 Å². The molecule has 3 rings (SSSR count). The summed E-state index contributed by atoms with van der Waals surface area (Å²) in [6, 6.07) is 7.24. The molecule has 4 atom stereocenters. The summed E-state index contributed by atoms with van der Waals surface area (Å²) in [6.07, 6.45) is 0.332. The molecule has 0 aliphatic carbocycles. The Morgan fingerprint density at radius 3 is 2.11 bits per heavy atom. The lowest BCUT2D eigenvalue weighted by atomic mass is 10.1. The van der Waals surface area contributed by atoms with Gasteiger partial charge in [0.2, 0.25) is 0 Å². The van der Waals surface area contributed by atoms with Crippen LogP contribution in [0.1, 0.15) is 20.8 Å². The van der Waals surface area contributed by atoms with Gasteiger partial charge >= 0.3 is 17.9 Å². The minimum absolute atomic E-state index is 0.267. The minimum atomic E-state index is -1.03. The van der Waals surface area contributed by atoms with E-state index in [4.69, 9.17) is 28.4 Å². The van der Waals surface area contributed by atoms with Gasteiger partial charge in [0.05, 0.1) is 20.4 Å². The number of rotatable bonds is 8. The van der Waals surface area contributed by atoms with Gasteiger partial charge in [-0.3, -0.25) is 19.4 Å². The van der Waals surface area contributed by atoms with Crippen LogP contribution in [-0.2, 0) is 28.6 Å². The number of benzene rings is 1. The van der Waals surface area contributed by atoms with Crippen LogP contribution in [0.2, 0.25) is 0 Å². The summed E-state index contributed by atoms with van der Waals surface area (Å²) in [5, 5.41) is 0. The van der Waals surface area contributed by atoms with Crippen LogP contribution in [0, 0.1) is 0 Å². The van der Waals surface area contributed by atoms with Gasteiger partial charge in [0.1, 0.15) is 5.75 Å². The average Bonchev–Trinajstić information content (AvgIpc) is 2.81. The van der Waals surface area contributed by atoms with Gasteiger partial charge in [0, 0.05) is 38.3 Å². The minimum Gasteiger partial charge on any atom is -0.493 e. The monoisotopic (exact) mass is 505 g/mol. The smallest absolute Gasteiger partial charge is 0.303 e. The van der Waals surface area contributed by atoms with E-state index in [1.165, 1.54) is 38.7 Å². The SMILES string of the molecule is COc1ccc(-c2cncc(O[C@@H]3SC[C@@H](OC(C)=O)[C@H](OC(C)=O)[C@H]3OC(C)=O)c2)cc1OC. The normalized spacial score (nSPS) is 21.4. The fourth-order valence-electron chi connectivity index (χ4n) is 3.60. The van der Waals surface area contributed by atoms with Gasteiger partial charge in [-0.05, 0) is 23.8 Å². The number of pyridine rings is 1. The number of esters is 3. The fourth-order valence-corrected chi connectivity index (χ4v) is 4.82. The van der Waals surface area contributed by atoms with Crippen LogP contribution >= 0.6 is 11.8 Å². The molecular weight excluding hydrogens is 478 g/mol. The quantitative estimate of drug-likeness (QED) is 0.389. The summed E-state index contributed by atoms with van der Waals surface area (Å²) >= 11 is 1.27. The predicted molar refractivity (Wildman–Crippen MR) is 126 cm³/mol. The number of nitrogens with zero attached hydrogens (tertiary/aromatic N) is 1. The maximum absolute atomic E-state index is 11.9. The van der Waals surface area contributed by atoms with Gasteiger partial charge in [-0.25, -0.2) is 0 Å². The second-order valence-corrected chi connectivity index (χ2v) is 8.73. The van der Waals surface area contributed by atoms with Gasteiger partial charge < -0.3 is 28.4 Å². The molecule has 188 valence electrons. The van der Waals surface area contributed by atoms with Crippen molar-refractivity contribution in [1.29, 1.82) is 0 Å². The van der Waals surface area contributed by atoms with Gasteiger partial charge in [0.25, 0.3) is 0 Å². The molecule has 11 heteroatoms. The Labute approximate surface area is 207 Å². The Morgan fingerprint density at radius 1 is 0.829 bits per heavy atom. The summed E-state index contributed by atoms with van der Waals surface area (Å²) in [6.45, 7) is 3.72. The average molecular weight is 506 g/mol. The zero-order valence-corrected chi connectivity index (χ0v) is 20.8. The van der Waals surface area contributed by atoms with E-state index < -0.39 is 41.7 Å². The third kappa shape index (κ3) is 6.78. The molecular formula is C24H27NO9S. The highest BCUT2D eigenvalue weighted by Crippen LogP contribution is 2.36. The molecule has 0 saturated carbocycles. The molecule has 1 fully saturated rings. The highest BCUT2D eigenvalue weighted by atomic mass is 32.2. The highest BCUT2D eigenvalue weighted by molar-refractivity contribution is 7.99. The standard InChI is InChI=1S/C24H27NO9S/c1-13(26)31-21-12-35-24(23(33-15(3)28)22(21)32-14(2)27)34-18-8-17(10-25-11-18)16-6-7-19(29-4)20(9-16)30-5/h6-11,21-24H,12H2,1-5H3/t21-,22+,23-,24-/m1/s1. The summed E-state index contributed by atoms with van der Waals surface area (Å²) in [5.41, 5.74) is 0.821. The number of ether oxygens (including phenoxy) is 6. The van der Waals surface area contributed by atoms with Crippen molar-refractivity contribution in [2.45, 2.75) is 44.5 Å². The molecule has 35 heavy (non-hydrogen) atoms. The molecule has 10 nitrogen and oxygen atoms in total. The van der Waals surface area contributed by atoms with Crippen molar-refractivity contribution in [1.82, 2.24) is 4.98 Å². The van der Waals surface area contributed by atoms with Gasteiger partial charge in [-0.2, -0.15) is 0 Å². The van der Waals surface area contributed by atoms with Crippen molar-refractivity contribution in [2.24, 2.45) is 0 Å². The van der Waals surface area contributed by atoms with E-state index in [9.17, 15) is 14.4 Å². The lowest BCUT2D eigenvalue weighted by Crippen LogP contribution is -2.55. The van der Waals surface area contributed by atoms with Crippen molar-refractivity contribution < 1.29 is 42.8 Å². The van der Waals surface area contributed by atoms with E-state index in [0.717, 1.165) is 11.1 Å². The molecule has 2 heterocycles. The first-order valence-corrected chi connectivity index (χ1v) is 11.7. The third-order valence-corrected chi connectivity index (χ3v) is 6.20. The summed E-state index contributed by atoms with van der Waals surface area (Å²) < 4.78 is 33.0. The van der Waals surface area contributed by atoms with E-state index in [2.05, 4.69) is 4.98 Å². The van der Waals surface area contributed by atoms with E-state index in [1.807, 2.05) is 12.1 Å². The number of thioether (sulfide) groups is 1. The topological polar surface area (TPSA) is 119 Å². The lowest BCUT2D eigenvalue weighted by Gasteiger charge is -2.39. The molecule has 1 aliphatic heterocycles. The molecule has 0 spiro atoms. The Hall–Kier alpha value is -3.47. The van der Waals surface area contributed by atoms with Crippen LogP contribution in [0.4, 0.5) is 0 Å². The molecule has 0 unspecified atom stereocenters. The van der Waals surface area contributed by atoms with E-state index in [1.54, 1.807) is 32.5 Å². The van der Waals surface area contributed by atoms with Crippen LogP contribution in [0.3, 0.4) is 0 Å². The van der Waals surface area contributed by atoms with Crippen LogP contribution < -0.4 is 14.2 Å². The van der Waals surface area contributed by atoms with E-state index in [-0.39, 0.29) is 5.75 Å². The lowest BCUT2D eigenvalue weighted by molar-refractivity contribution is -0.186. The van der Waals surface area contributed by atoms with Crippen LogP contribution in [0.25, 0.3) is 11.1 Å². The Bertz CT molecular complexity index is 1080. The molecule has 1 saturated heterocycles. The van der Waals surface area contributed by atoms with Crippen molar-refractivity contribution in [3.63, 3.8) is 0 Å². The molecule has 1 aromatic heterocycles. The fraction of sp³-hybridized carbons (Fsp3) is 0.417. The molecule has 1 aromatic carbocycles. The maximum Gasteiger partial charge on any atom is 0.303 e. The Morgan fingerprint density at radius 2 is 1.49 bits per heavy atom. The zero-order chi connectivity index (χ0) is 25.5. The Balaban J connectivity index is 1.88. The largest absolute Gasteiger partial charge is 0.493 e. The first-order chi connectivity index (χ1) is 16.7. The second-order valence-electron chi connectivity index (χ2n) is 7.59. The molecule has 0 amide bonds. The molecule has 0 bridgehead atoms. The van der Waals surface area contributed by atoms with Crippen LogP contribution in [-0.4, -0.2) is 66.6 Å². The van der Waals surface area contributed by atoms with Crippen molar-refractivity contribution in [3.05, 3.63) is 36.7 Å². The summed E-state index contributed by atoms with van der Waals surface area (Å²) in [4.78, 5) is 39.4. The van der Waals surface area contributed by atoms with Gasteiger partial charge in [0.15, 0.2) is 35.2 Å². The zero-order valence-electron chi connectivity index (χ0n) is 20.0. The molecule has 1 aliphatic rings. The van der Waals surface area contributed by atoms with Crippen LogP contribution in [0.5, 0.6) is 17.2 Å². The van der Waals surface area contributed by atoms with Gasteiger partial charge in [-0.1, -0.05) is 6.07 Å². The number of hydrogen-bond donors (Lipinski definition) is 0. The van der Waals surface area contributed by atoms with Crippen molar-refractivity contribution in [3.8, 4) is 28.4 Å². The first-order valence-electron chi connectivity index (χ1n) is 10.7. The molecule has 2 aromatic rings. The van der Waals surface area contributed by atoms with Crippen LogP contribution in [0.15, 0.2) is 36.7 Å². The van der Waals surface area contributed by atoms with Gasteiger partial charge in [-0.15, -0.1) is 11.8 Å². The number of aromatic nitrogens is 1. The Kier molecular flexibility index (Phi) is 8.80. The third-order valence-electron chi connectivity index (χ3n) is 4.99.